The number of carbonyl (C=O) groups is 1. The van der Waals surface area contributed by atoms with Gasteiger partial charge in [-0.15, -0.1) is 0 Å². The summed E-state index contributed by atoms with van der Waals surface area (Å²) in [7, 11) is 0. The minimum Gasteiger partial charge on any atom is -0.494 e. The Labute approximate surface area is 126 Å². The van der Waals surface area contributed by atoms with Crippen LogP contribution in [0.15, 0.2) is 46.9 Å². The van der Waals surface area contributed by atoms with E-state index in [1.165, 1.54) is 0 Å². The van der Waals surface area contributed by atoms with E-state index < -0.39 is 0 Å². The molecule has 5 heteroatoms. The number of amides is 1. The largest absolute Gasteiger partial charge is 0.494 e. The standard InChI is InChI=1S/C15H15BrN2O2/c1-2-20-12-5-3-4-11(9-12)18-15(19)13-8-10(17)6-7-14(13)16/h3-9H,2,17H2,1H3,(H,18,19). The van der Waals surface area contributed by atoms with Crippen LogP contribution in [0.5, 0.6) is 5.75 Å². The Bertz CT molecular complexity index is 629. The molecule has 20 heavy (non-hydrogen) atoms. The molecule has 0 atom stereocenters. The van der Waals surface area contributed by atoms with Crippen molar-refractivity contribution in [3.63, 3.8) is 0 Å². The zero-order chi connectivity index (χ0) is 14.5. The van der Waals surface area contributed by atoms with E-state index >= 15 is 0 Å². The summed E-state index contributed by atoms with van der Waals surface area (Å²) in [5.74, 6) is 0.495. The van der Waals surface area contributed by atoms with Crippen molar-refractivity contribution < 1.29 is 9.53 Å². The first-order chi connectivity index (χ1) is 9.60. The predicted molar refractivity (Wildman–Crippen MR) is 84.1 cm³/mol. The minimum atomic E-state index is -0.224. The summed E-state index contributed by atoms with van der Waals surface area (Å²) >= 11 is 3.34. The highest BCUT2D eigenvalue weighted by Crippen LogP contribution is 2.22. The monoisotopic (exact) mass is 334 g/mol. The topological polar surface area (TPSA) is 64.3 Å². The number of halogens is 1. The van der Waals surface area contributed by atoms with Crippen LogP contribution in [0.25, 0.3) is 0 Å². The highest BCUT2D eigenvalue weighted by Gasteiger charge is 2.11. The molecule has 0 radical (unpaired) electrons. The Morgan fingerprint density at radius 1 is 1.30 bits per heavy atom. The normalized spacial score (nSPS) is 10.1. The number of carbonyl (C=O) groups excluding carboxylic acids is 1. The van der Waals surface area contributed by atoms with Crippen LogP contribution >= 0.6 is 15.9 Å². The maximum atomic E-state index is 12.2. The van der Waals surface area contributed by atoms with Crippen molar-refractivity contribution in [2.45, 2.75) is 6.92 Å². The molecule has 0 aliphatic carbocycles. The van der Waals surface area contributed by atoms with E-state index in [9.17, 15) is 4.79 Å². The average molecular weight is 335 g/mol. The van der Waals surface area contributed by atoms with Crippen LogP contribution < -0.4 is 15.8 Å². The third-order valence-corrected chi connectivity index (χ3v) is 3.33. The van der Waals surface area contributed by atoms with Gasteiger partial charge < -0.3 is 15.8 Å². The van der Waals surface area contributed by atoms with Crippen LogP contribution in [-0.2, 0) is 0 Å². The summed E-state index contributed by atoms with van der Waals surface area (Å²) in [5.41, 5.74) is 7.41. The first-order valence-electron chi connectivity index (χ1n) is 6.19. The molecule has 3 N–H and O–H groups in total. The van der Waals surface area contributed by atoms with Gasteiger partial charge in [0.05, 0.1) is 12.2 Å². The van der Waals surface area contributed by atoms with E-state index in [4.69, 9.17) is 10.5 Å². The third kappa shape index (κ3) is 3.51. The van der Waals surface area contributed by atoms with Crippen molar-refractivity contribution in [2.24, 2.45) is 0 Å². The first kappa shape index (κ1) is 14.4. The lowest BCUT2D eigenvalue weighted by atomic mass is 10.2. The molecule has 2 aromatic carbocycles. The molecule has 2 aromatic rings. The molecule has 0 spiro atoms. The summed E-state index contributed by atoms with van der Waals surface area (Å²) in [6, 6.07) is 12.4. The summed E-state index contributed by atoms with van der Waals surface area (Å²) in [6.07, 6.45) is 0. The maximum absolute atomic E-state index is 12.2. The quantitative estimate of drug-likeness (QED) is 0.838. The number of hydrogen-bond donors (Lipinski definition) is 2. The van der Waals surface area contributed by atoms with Gasteiger partial charge >= 0.3 is 0 Å². The summed E-state index contributed by atoms with van der Waals surface area (Å²) in [6.45, 7) is 2.49. The van der Waals surface area contributed by atoms with Gasteiger partial charge in [-0.2, -0.15) is 0 Å². The minimum absolute atomic E-state index is 0.224. The van der Waals surface area contributed by atoms with Gasteiger partial charge in [0.15, 0.2) is 0 Å². The number of nitrogens with one attached hydrogen (secondary N) is 1. The van der Waals surface area contributed by atoms with Gasteiger partial charge in [0.2, 0.25) is 0 Å². The zero-order valence-electron chi connectivity index (χ0n) is 11.0. The Morgan fingerprint density at radius 2 is 2.10 bits per heavy atom. The molecule has 0 bridgehead atoms. The highest BCUT2D eigenvalue weighted by atomic mass is 79.9. The smallest absolute Gasteiger partial charge is 0.256 e. The Morgan fingerprint density at radius 3 is 2.85 bits per heavy atom. The van der Waals surface area contributed by atoms with E-state index in [0.717, 1.165) is 5.75 Å². The number of benzene rings is 2. The number of hydrogen-bond acceptors (Lipinski definition) is 3. The molecule has 104 valence electrons. The SMILES string of the molecule is CCOc1cccc(NC(=O)c2cc(N)ccc2Br)c1. The maximum Gasteiger partial charge on any atom is 0.256 e. The van der Waals surface area contributed by atoms with E-state index in [0.29, 0.717) is 28.0 Å². The van der Waals surface area contributed by atoms with E-state index in [2.05, 4.69) is 21.2 Å². The number of anilines is 2. The molecule has 0 saturated carbocycles. The molecule has 0 aliphatic heterocycles. The van der Waals surface area contributed by atoms with Crippen LogP contribution in [0.3, 0.4) is 0 Å². The Balaban J connectivity index is 2.19. The summed E-state index contributed by atoms with van der Waals surface area (Å²) < 4.78 is 6.10. The Kier molecular flexibility index (Phi) is 4.63. The fourth-order valence-electron chi connectivity index (χ4n) is 1.75. The lowest BCUT2D eigenvalue weighted by Crippen LogP contribution is -2.13. The van der Waals surface area contributed by atoms with Crippen molar-refractivity contribution in [3.8, 4) is 5.75 Å². The van der Waals surface area contributed by atoms with Crippen molar-refractivity contribution in [1.82, 2.24) is 0 Å². The molecule has 0 aliphatic rings. The van der Waals surface area contributed by atoms with E-state index in [1.807, 2.05) is 19.1 Å². The molecule has 0 heterocycles. The predicted octanol–water partition coefficient (Wildman–Crippen LogP) is 3.68. The number of nitrogen functional groups attached to an aromatic ring is 1. The fraction of sp³-hybridized carbons (Fsp3) is 0.133. The first-order valence-corrected chi connectivity index (χ1v) is 6.98. The third-order valence-electron chi connectivity index (χ3n) is 2.64. The zero-order valence-corrected chi connectivity index (χ0v) is 12.6. The second kappa shape index (κ2) is 6.43. The highest BCUT2D eigenvalue weighted by molar-refractivity contribution is 9.10. The molecule has 0 saturated heterocycles. The lowest BCUT2D eigenvalue weighted by Gasteiger charge is -2.09. The molecular weight excluding hydrogens is 320 g/mol. The van der Waals surface area contributed by atoms with Gasteiger partial charge in [0.25, 0.3) is 5.91 Å². The van der Waals surface area contributed by atoms with Crippen LogP contribution in [-0.4, -0.2) is 12.5 Å². The molecule has 0 unspecified atom stereocenters. The Hall–Kier alpha value is -2.01. The van der Waals surface area contributed by atoms with Gasteiger partial charge in [0.1, 0.15) is 5.75 Å². The van der Waals surface area contributed by atoms with Crippen molar-refractivity contribution in [2.75, 3.05) is 17.7 Å². The lowest BCUT2D eigenvalue weighted by molar-refractivity contribution is 0.102. The van der Waals surface area contributed by atoms with Crippen molar-refractivity contribution in [1.29, 1.82) is 0 Å². The van der Waals surface area contributed by atoms with E-state index in [1.54, 1.807) is 30.3 Å². The van der Waals surface area contributed by atoms with Gasteiger partial charge in [-0.05, 0) is 53.2 Å². The number of rotatable bonds is 4. The fourth-order valence-corrected chi connectivity index (χ4v) is 2.17. The number of nitrogens with two attached hydrogens (primary N) is 1. The molecular formula is C15H15BrN2O2. The summed E-state index contributed by atoms with van der Waals surface area (Å²) in [4.78, 5) is 12.2. The van der Waals surface area contributed by atoms with Gasteiger partial charge in [-0.3, -0.25) is 4.79 Å². The van der Waals surface area contributed by atoms with Gasteiger partial charge in [-0.1, -0.05) is 6.07 Å². The molecule has 2 rings (SSSR count). The average Bonchev–Trinajstić information content (AvgIpc) is 2.42. The van der Waals surface area contributed by atoms with Crippen LogP contribution in [0.1, 0.15) is 17.3 Å². The van der Waals surface area contributed by atoms with Crippen molar-refractivity contribution >= 4 is 33.2 Å². The second-order valence-electron chi connectivity index (χ2n) is 4.15. The van der Waals surface area contributed by atoms with Crippen LogP contribution in [0, 0.1) is 0 Å². The van der Waals surface area contributed by atoms with Crippen LogP contribution in [0.4, 0.5) is 11.4 Å². The molecule has 0 fully saturated rings. The number of ether oxygens (including phenoxy) is 1. The molecule has 1 amide bonds. The molecule has 0 aromatic heterocycles. The van der Waals surface area contributed by atoms with E-state index in [-0.39, 0.29) is 5.91 Å². The second-order valence-corrected chi connectivity index (χ2v) is 5.01. The molecule has 4 nitrogen and oxygen atoms in total. The van der Waals surface area contributed by atoms with Gasteiger partial charge in [0, 0.05) is 21.9 Å². The van der Waals surface area contributed by atoms with Crippen LogP contribution in [0.2, 0.25) is 0 Å². The van der Waals surface area contributed by atoms with Crippen molar-refractivity contribution in [3.05, 3.63) is 52.5 Å². The van der Waals surface area contributed by atoms with Gasteiger partial charge in [-0.25, -0.2) is 0 Å². The summed E-state index contributed by atoms with van der Waals surface area (Å²) in [5, 5.41) is 2.82.